The van der Waals surface area contributed by atoms with Crippen LogP contribution in [-0.2, 0) is 4.74 Å². The van der Waals surface area contributed by atoms with Gasteiger partial charge in [-0.3, -0.25) is 4.79 Å². The average Bonchev–Trinajstić information content (AvgIpc) is 3.09. The average molecular weight is 298 g/mol. The van der Waals surface area contributed by atoms with E-state index in [1.54, 1.807) is 7.11 Å². The number of hydrogen-bond acceptors (Lipinski definition) is 2. The summed E-state index contributed by atoms with van der Waals surface area (Å²) in [6.07, 6.45) is 6.19. The maximum atomic E-state index is 12.6. The van der Waals surface area contributed by atoms with E-state index in [9.17, 15) is 4.79 Å². The number of amides is 1. The Hall–Kier alpha value is -2.07. The number of rotatable bonds is 4. The number of likely N-dealkylation sites (tertiary alicyclic amines) is 1. The lowest BCUT2D eigenvalue weighted by Gasteiger charge is -2.32. The molecule has 4 heteroatoms. The SMILES string of the molecule is COCC1CCCN(C(=O)c2ccc(-n3cccc3)cc2)C1. The van der Waals surface area contributed by atoms with Crippen LogP contribution in [0.1, 0.15) is 23.2 Å². The van der Waals surface area contributed by atoms with Crippen LogP contribution in [0.5, 0.6) is 0 Å². The van der Waals surface area contributed by atoms with Crippen LogP contribution in [0.15, 0.2) is 48.8 Å². The second-order valence-corrected chi connectivity index (χ2v) is 5.85. The molecule has 1 atom stereocenters. The first-order valence-electron chi connectivity index (χ1n) is 7.79. The summed E-state index contributed by atoms with van der Waals surface area (Å²) in [7, 11) is 1.72. The minimum atomic E-state index is 0.125. The lowest BCUT2D eigenvalue weighted by Crippen LogP contribution is -2.41. The zero-order chi connectivity index (χ0) is 15.4. The van der Waals surface area contributed by atoms with Crippen molar-refractivity contribution in [3.05, 3.63) is 54.4 Å². The van der Waals surface area contributed by atoms with Crippen LogP contribution >= 0.6 is 0 Å². The van der Waals surface area contributed by atoms with E-state index in [1.807, 2.05) is 58.3 Å². The molecule has 2 aromatic rings. The molecule has 1 aliphatic rings. The molecule has 1 amide bonds. The van der Waals surface area contributed by atoms with Gasteiger partial charge in [-0.1, -0.05) is 0 Å². The van der Waals surface area contributed by atoms with Gasteiger partial charge in [0, 0.05) is 43.8 Å². The minimum absolute atomic E-state index is 0.125. The van der Waals surface area contributed by atoms with Gasteiger partial charge in [-0.15, -0.1) is 0 Å². The summed E-state index contributed by atoms with van der Waals surface area (Å²) < 4.78 is 7.26. The van der Waals surface area contributed by atoms with Gasteiger partial charge in [0.25, 0.3) is 5.91 Å². The van der Waals surface area contributed by atoms with Gasteiger partial charge in [-0.25, -0.2) is 0 Å². The summed E-state index contributed by atoms with van der Waals surface area (Å²) in [4.78, 5) is 14.6. The molecule has 116 valence electrons. The van der Waals surface area contributed by atoms with Crippen LogP contribution in [0.25, 0.3) is 5.69 Å². The fraction of sp³-hybridized carbons (Fsp3) is 0.389. The Morgan fingerprint density at radius 1 is 1.23 bits per heavy atom. The Morgan fingerprint density at radius 2 is 1.95 bits per heavy atom. The fourth-order valence-corrected chi connectivity index (χ4v) is 3.09. The van der Waals surface area contributed by atoms with Crippen molar-refractivity contribution in [2.45, 2.75) is 12.8 Å². The van der Waals surface area contributed by atoms with Gasteiger partial charge in [0.1, 0.15) is 0 Å². The minimum Gasteiger partial charge on any atom is -0.384 e. The normalized spacial score (nSPS) is 18.4. The summed E-state index contributed by atoms with van der Waals surface area (Å²) >= 11 is 0. The van der Waals surface area contributed by atoms with Crippen LogP contribution in [0.3, 0.4) is 0 Å². The quantitative estimate of drug-likeness (QED) is 0.869. The predicted molar refractivity (Wildman–Crippen MR) is 86.3 cm³/mol. The molecule has 1 aromatic heterocycles. The largest absolute Gasteiger partial charge is 0.384 e. The zero-order valence-corrected chi connectivity index (χ0v) is 12.9. The smallest absolute Gasteiger partial charge is 0.253 e. The Bertz CT molecular complexity index is 603. The van der Waals surface area contributed by atoms with Crippen LogP contribution in [0.4, 0.5) is 0 Å². The summed E-state index contributed by atoms with van der Waals surface area (Å²) in [6, 6.07) is 11.8. The molecule has 1 fully saturated rings. The van der Waals surface area contributed by atoms with Gasteiger partial charge < -0.3 is 14.2 Å². The molecule has 22 heavy (non-hydrogen) atoms. The molecule has 2 heterocycles. The van der Waals surface area contributed by atoms with Gasteiger partial charge >= 0.3 is 0 Å². The number of nitrogens with zero attached hydrogens (tertiary/aromatic N) is 2. The van der Waals surface area contributed by atoms with Gasteiger partial charge in [0.2, 0.25) is 0 Å². The molecule has 0 spiro atoms. The van der Waals surface area contributed by atoms with E-state index in [0.29, 0.717) is 5.92 Å². The van der Waals surface area contributed by atoms with Crippen LogP contribution in [0, 0.1) is 5.92 Å². The van der Waals surface area contributed by atoms with Crippen LogP contribution in [-0.4, -0.2) is 42.2 Å². The van der Waals surface area contributed by atoms with E-state index < -0.39 is 0 Å². The molecule has 1 saturated heterocycles. The van der Waals surface area contributed by atoms with E-state index in [4.69, 9.17) is 4.74 Å². The number of carbonyl (C=O) groups excluding carboxylic acids is 1. The van der Waals surface area contributed by atoms with Crippen LogP contribution in [0.2, 0.25) is 0 Å². The van der Waals surface area contributed by atoms with E-state index >= 15 is 0 Å². The standard InChI is InChI=1S/C18H22N2O2/c1-22-14-15-5-4-12-20(13-15)18(21)16-6-8-17(9-7-16)19-10-2-3-11-19/h2-3,6-11,15H,4-5,12-14H2,1H3. The Morgan fingerprint density at radius 3 is 2.64 bits per heavy atom. The van der Waals surface area contributed by atoms with Crippen LogP contribution < -0.4 is 0 Å². The van der Waals surface area contributed by atoms with Crippen molar-refractivity contribution >= 4 is 5.91 Å². The van der Waals surface area contributed by atoms with Gasteiger partial charge in [-0.05, 0) is 55.2 Å². The Labute approximate surface area is 131 Å². The fourth-order valence-electron chi connectivity index (χ4n) is 3.09. The maximum absolute atomic E-state index is 12.6. The zero-order valence-electron chi connectivity index (χ0n) is 12.9. The van der Waals surface area contributed by atoms with Gasteiger partial charge in [-0.2, -0.15) is 0 Å². The molecule has 0 N–H and O–H groups in total. The van der Waals surface area contributed by atoms with Crippen molar-refractivity contribution in [2.75, 3.05) is 26.8 Å². The molecule has 0 bridgehead atoms. The number of benzene rings is 1. The topological polar surface area (TPSA) is 34.5 Å². The molecule has 1 unspecified atom stereocenters. The summed E-state index contributed by atoms with van der Waals surface area (Å²) in [6.45, 7) is 2.38. The lowest BCUT2D eigenvalue weighted by atomic mass is 9.98. The van der Waals surface area contributed by atoms with Crippen molar-refractivity contribution in [3.63, 3.8) is 0 Å². The Kier molecular flexibility index (Phi) is 4.59. The molecule has 1 aliphatic heterocycles. The number of aromatic nitrogens is 1. The second kappa shape index (κ2) is 6.79. The summed E-state index contributed by atoms with van der Waals surface area (Å²) in [5, 5.41) is 0. The van der Waals surface area contributed by atoms with Crippen molar-refractivity contribution in [2.24, 2.45) is 5.92 Å². The third-order valence-corrected chi connectivity index (χ3v) is 4.23. The number of carbonyl (C=O) groups is 1. The number of piperidine rings is 1. The van der Waals surface area contributed by atoms with Crippen molar-refractivity contribution in [1.82, 2.24) is 9.47 Å². The third-order valence-electron chi connectivity index (χ3n) is 4.23. The monoisotopic (exact) mass is 298 g/mol. The molecule has 1 aromatic carbocycles. The highest BCUT2D eigenvalue weighted by Gasteiger charge is 2.24. The summed E-state index contributed by atoms with van der Waals surface area (Å²) in [5.41, 5.74) is 1.83. The van der Waals surface area contributed by atoms with Gasteiger partial charge in [0.15, 0.2) is 0 Å². The maximum Gasteiger partial charge on any atom is 0.253 e. The molecule has 0 aliphatic carbocycles. The van der Waals surface area contributed by atoms with E-state index in [0.717, 1.165) is 43.8 Å². The van der Waals surface area contributed by atoms with Crippen molar-refractivity contribution < 1.29 is 9.53 Å². The van der Waals surface area contributed by atoms with Crippen molar-refractivity contribution in [1.29, 1.82) is 0 Å². The highest BCUT2D eigenvalue weighted by atomic mass is 16.5. The summed E-state index contributed by atoms with van der Waals surface area (Å²) in [5.74, 6) is 0.585. The van der Waals surface area contributed by atoms with Crippen molar-refractivity contribution in [3.8, 4) is 5.69 Å². The molecule has 3 rings (SSSR count). The second-order valence-electron chi connectivity index (χ2n) is 5.85. The van der Waals surface area contributed by atoms with E-state index in [1.165, 1.54) is 0 Å². The molecular weight excluding hydrogens is 276 g/mol. The predicted octanol–water partition coefficient (Wildman–Crippen LogP) is 2.98. The number of ether oxygens (including phenoxy) is 1. The molecular formula is C18H22N2O2. The Balaban J connectivity index is 1.69. The third kappa shape index (κ3) is 3.22. The number of hydrogen-bond donors (Lipinski definition) is 0. The van der Waals surface area contributed by atoms with E-state index in [-0.39, 0.29) is 5.91 Å². The molecule has 4 nitrogen and oxygen atoms in total. The first-order valence-corrected chi connectivity index (χ1v) is 7.79. The number of methoxy groups -OCH3 is 1. The lowest BCUT2D eigenvalue weighted by molar-refractivity contribution is 0.0571. The van der Waals surface area contributed by atoms with E-state index in [2.05, 4.69) is 0 Å². The highest BCUT2D eigenvalue weighted by molar-refractivity contribution is 5.94. The highest BCUT2D eigenvalue weighted by Crippen LogP contribution is 2.19. The molecule has 0 radical (unpaired) electrons. The first-order chi connectivity index (χ1) is 10.8. The first kappa shape index (κ1) is 14.9. The molecule has 0 saturated carbocycles. The van der Waals surface area contributed by atoms with Gasteiger partial charge in [0.05, 0.1) is 6.61 Å².